The van der Waals surface area contributed by atoms with Gasteiger partial charge in [0.05, 0.1) is 5.31 Å². The predicted octanol–water partition coefficient (Wildman–Crippen LogP) is 3.22. The summed E-state index contributed by atoms with van der Waals surface area (Å²) in [6.45, 7) is 2.61. The Bertz CT molecular complexity index is 294. The van der Waals surface area contributed by atoms with Gasteiger partial charge in [-0.25, -0.2) is 0 Å². The van der Waals surface area contributed by atoms with Gasteiger partial charge in [-0.05, 0) is 5.56 Å². The Labute approximate surface area is 82.4 Å². The fraction of sp³-hybridized carbons (Fsp3) is 0.400. The molecule has 1 aromatic rings. The summed E-state index contributed by atoms with van der Waals surface area (Å²) in [6.07, 6.45) is -4.25. The van der Waals surface area contributed by atoms with Crippen LogP contribution in [0.2, 0.25) is 6.82 Å². The lowest BCUT2D eigenvalue weighted by Crippen LogP contribution is -2.43. The van der Waals surface area contributed by atoms with Crippen molar-refractivity contribution in [1.29, 1.82) is 0 Å². The van der Waals surface area contributed by atoms with E-state index in [1.807, 2.05) is 0 Å². The van der Waals surface area contributed by atoms with Crippen LogP contribution in [0.5, 0.6) is 0 Å². The Morgan fingerprint density at radius 1 is 1.07 bits per heavy atom. The molecule has 75 valence electrons. The van der Waals surface area contributed by atoms with Crippen LogP contribution >= 0.6 is 0 Å². The van der Waals surface area contributed by atoms with E-state index in [1.54, 1.807) is 18.2 Å². The van der Waals surface area contributed by atoms with E-state index >= 15 is 0 Å². The first kappa shape index (κ1) is 11.2. The van der Waals surface area contributed by atoms with Crippen molar-refractivity contribution in [2.24, 2.45) is 0 Å². The van der Waals surface area contributed by atoms with E-state index in [1.165, 1.54) is 33.2 Å². The zero-order valence-corrected chi connectivity index (χ0v) is 8.10. The van der Waals surface area contributed by atoms with Crippen LogP contribution in [-0.2, 0) is 5.31 Å². The van der Waals surface area contributed by atoms with Crippen molar-refractivity contribution < 1.29 is 13.2 Å². The fourth-order valence-electron chi connectivity index (χ4n) is 1.28. The maximum absolute atomic E-state index is 12.8. The molecule has 0 N–H and O–H groups in total. The van der Waals surface area contributed by atoms with Crippen molar-refractivity contribution in [2.75, 3.05) is 0 Å². The van der Waals surface area contributed by atoms with E-state index in [0.29, 0.717) is 0 Å². The number of hydrogen-bond donors (Lipinski definition) is 0. The molecule has 0 aliphatic heterocycles. The van der Waals surface area contributed by atoms with Crippen molar-refractivity contribution in [1.82, 2.24) is 0 Å². The molecule has 0 saturated heterocycles. The summed E-state index contributed by atoms with van der Waals surface area (Å²) < 4.78 is 38.3. The van der Waals surface area contributed by atoms with Gasteiger partial charge in [0.25, 0.3) is 0 Å². The molecule has 4 heteroatoms. The van der Waals surface area contributed by atoms with Crippen molar-refractivity contribution in [3.8, 4) is 0 Å². The van der Waals surface area contributed by atoms with E-state index in [2.05, 4.69) is 0 Å². The second-order valence-corrected chi connectivity index (χ2v) is 3.35. The molecule has 14 heavy (non-hydrogen) atoms. The molecule has 0 spiro atoms. The lowest BCUT2D eigenvalue weighted by Gasteiger charge is -2.31. The Balaban J connectivity index is 3.15. The standard InChI is InChI=1S/C10H11BF3/c1-9(11-2,10(12,13)14)8-6-4-3-5-7-8/h3-7H,1-2H3. The molecule has 0 aromatic heterocycles. The van der Waals surface area contributed by atoms with Gasteiger partial charge in [-0.3, -0.25) is 0 Å². The smallest absolute Gasteiger partial charge is 0.171 e. The highest BCUT2D eigenvalue weighted by Crippen LogP contribution is 2.39. The first-order chi connectivity index (χ1) is 6.42. The maximum Gasteiger partial charge on any atom is 0.391 e. The molecule has 1 rings (SSSR count). The zero-order chi connectivity index (χ0) is 10.8. The maximum atomic E-state index is 12.8. The molecule has 0 nitrogen and oxygen atoms in total. The number of halogens is 3. The first-order valence-corrected chi connectivity index (χ1v) is 4.34. The van der Waals surface area contributed by atoms with Crippen LogP contribution in [0, 0.1) is 0 Å². The van der Waals surface area contributed by atoms with Crippen LogP contribution in [0.25, 0.3) is 0 Å². The molecule has 0 fully saturated rings. The summed E-state index contributed by atoms with van der Waals surface area (Å²) in [5.41, 5.74) is 0.273. The van der Waals surface area contributed by atoms with Crippen LogP contribution in [0.15, 0.2) is 30.3 Å². The van der Waals surface area contributed by atoms with Crippen LogP contribution < -0.4 is 0 Å². The molecule has 1 unspecified atom stereocenters. The largest absolute Gasteiger partial charge is 0.391 e. The van der Waals surface area contributed by atoms with Crippen molar-refractivity contribution in [3.05, 3.63) is 35.9 Å². The molecular formula is C10H11BF3. The average Bonchev–Trinajstić information content (AvgIpc) is 2.16. The minimum absolute atomic E-state index is 0.273. The van der Waals surface area contributed by atoms with E-state index < -0.39 is 11.5 Å². The Morgan fingerprint density at radius 2 is 1.57 bits per heavy atom. The highest BCUT2D eigenvalue weighted by Gasteiger charge is 2.50. The third kappa shape index (κ3) is 1.79. The molecule has 0 aliphatic carbocycles. The molecule has 0 amide bonds. The van der Waals surface area contributed by atoms with Crippen LogP contribution in [0.1, 0.15) is 12.5 Å². The highest BCUT2D eigenvalue weighted by molar-refractivity contribution is 6.38. The molecule has 0 heterocycles. The minimum atomic E-state index is -4.25. The molecule has 1 atom stereocenters. The third-order valence-corrected chi connectivity index (χ3v) is 2.54. The van der Waals surface area contributed by atoms with Gasteiger partial charge in [0.1, 0.15) is 7.28 Å². The molecule has 0 aliphatic rings. The van der Waals surface area contributed by atoms with Gasteiger partial charge in [-0.15, -0.1) is 0 Å². The van der Waals surface area contributed by atoms with Gasteiger partial charge in [0, 0.05) is 0 Å². The predicted molar refractivity (Wildman–Crippen MR) is 51.5 cm³/mol. The second kappa shape index (κ2) is 3.68. The molecule has 1 aromatic carbocycles. The van der Waals surface area contributed by atoms with Gasteiger partial charge in [-0.1, -0.05) is 44.1 Å². The van der Waals surface area contributed by atoms with Crippen LogP contribution in [0.4, 0.5) is 13.2 Å². The Kier molecular flexibility index (Phi) is 2.93. The molecular weight excluding hydrogens is 188 g/mol. The fourth-order valence-corrected chi connectivity index (χ4v) is 1.28. The van der Waals surface area contributed by atoms with Gasteiger partial charge >= 0.3 is 6.18 Å². The van der Waals surface area contributed by atoms with Crippen molar-refractivity contribution in [3.63, 3.8) is 0 Å². The Morgan fingerprint density at radius 3 is 1.93 bits per heavy atom. The van der Waals surface area contributed by atoms with E-state index in [0.717, 1.165) is 0 Å². The van der Waals surface area contributed by atoms with E-state index in [4.69, 9.17) is 0 Å². The van der Waals surface area contributed by atoms with Gasteiger partial charge in [0.15, 0.2) is 0 Å². The lowest BCUT2D eigenvalue weighted by atomic mass is 9.51. The van der Waals surface area contributed by atoms with Crippen molar-refractivity contribution >= 4 is 7.28 Å². The van der Waals surface area contributed by atoms with Crippen LogP contribution in [-0.4, -0.2) is 13.5 Å². The summed E-state index contributed by atoms with van der Waals surface area (Å²) in [6, 6.07) is 7.92. The third-order valence-electron chi connectivity index (χ3n) is 2.54. The summed E-state index contributed by atoms with van der Waals surface area (Å²) in [5, 5.41) is -1.85. The minimum Gasteiger partial charge on any atom is -0.171 e. The summed E-state index contributed by atoms with van der Waals surface area (Å²) in [5.74, 6) is 0. The SMILES string of the molecule is C[B]C(C)(c1ccccc1)C(F)(F)F. The van der Waals surface area contributed by atoms with Crippen LogP contribution in [0.3, 0.4) is 0 Å². The summed E-state index contributed by atoms with van der Waals surface area (Å²) in [4.78, 5) is 0. The highest BCUT2D eigenvalue weighted by atomic mass is 19.4. The molecule has 0 saturated carbocycles. The van der Waals surface area contributed by atoms with E-state index in [9.17, 15) is 13.2 Å². The summed E-state index contributed by atoms with van der Waals surface area (Å²) in [7, 11) is 1.18. The Hall–Kier alpha value is -0.925. The topological polar surface area (TPSA) is 0 Å². The number of hydrogen-bond acceptors (Lipinski definition) is 0. The summed E-state index contributed by atoms with van der Waals surface area (Å²) >= 11 is 0. The molecule has 0 bridgehead atoms. The number of rotatable bonds is 2. The quantitative estimate of drug-likeness (QED) is 0.641. The molecule has 1 radical (unpaired) electrons. The monoisotopic (exact) mass is 199 g/mol. The lowest BCUT2D eigenvalue weighted by molar-refractivity contribution is -0.161. The number of benzene rings is 1. The van der Waals surface area contributed by atoms with Gasteiger partial charge in [-0.2, -0.15) is 13.2 Å². The average molecular weight is 199 g/mol. The van der Waals surface area contributed by atoms with Gasteiger partial charge < -0.3 is 0 Å². The van der Waals surface area contributed by atoms with Gasteiger partial charge in [0.2, 0.25) is 0 Å². The van der Waals surface area contributed by atoms with E-state index in [-0.39, 0.29) is 5.56 Å². The second-order valence-electron chi connectivity index (χ2n) is 3.35. The van der Waals surface area contributed by atoms with Crippen molar-refractivity contribution in [2.45, 2.75) is 25.2 Å². The normalized spacial score (nSPS) is 16.1. The number of alkyl halides is 3. The first-order valence-electron chi connectivity index (χ1n) is 4.34. The zero-order valence-electron chi connectivity index (χ0n) is 8.10.